The molecule has 1 aromatic heterocycles. The lowest BCUT2D eigenvalue weighted by Crippen LogP contribution is -2.27. The first kappa shape index (κ1) is 16.7. The molecule has 0 amide bonds. The molecule has 2 heterocycles. The van der Waals surface area contributed by atoms with Crippen LogP contribution in [0.3, 0.4) is 0 Å². The number of halogens is 1. The smallest absolute Gasteiger partial charge is 0.123 e. The van der Waals surface area contributed by atoms with E-state index in [0.717, 1.165) is 42.1 Å². The minimum atomic E-state index is -0.219. The summed E-state index contributed by atoms with van der Waals surface area (Å²) < 4.78 is 15.1. The largest absolute Gasteiger partial charge is 0.312 e. The second kappa shape index (κ2) is 6.89. The van der Waals surface area contributed by atoms with E-state index in [9.17, 15) is 4.39 Å². The number of nitrogens with one attached hydrogen (secondary N) is 1. The Morgan fingerprint density at radius 1 is 1.16 bits per heavy atom. The van der Waals surface area contributed by atoms with E-state index in [0.29, 0.717) is 0 Å². The molecule has 1 aromatic carbocycles. The van der Waals surface area contributed by atoms with Crippen LogP contribution in [0.15, 0.2) is 24.3 Å². The van der Waals surface area contributed by atoms with Crippen molar-refractivity contribution < 1.29 is 4.39 Å². The van der Waals surface area contributed by atoms with Gasteiger partial charge in [0.25, 0.3) is 0 Å². The summed E-state index contributed by atoms with van der Waals surface area (Å²) in [6.07, 6.45) is 4.12. The maximum Gasteiger partial charge on any atom is 0.123 e. The molecule has 5 heteroatoms. The minimum Gasteiger partial charge on any atom is -0.312 e. The Morgan fingerprint density at radius 2 is 1.92 bits per heavy atom. The van der Waals surface area contributed by atoms with Crippen LogP contribution in [0.1, 0.15) is 36.2 Å². The normalized spacial score (nSPS) is 21.2. The standard InChI is InChI=1S/C20H27FN4/c1-14-20(12-22-11-16-9-10-24(13-16)18-7-8-18)15(2)25(23-14)19-5-3-17(21)4-6-19/h3-6,16,18,22H,7-13H2,1-2H3/t16-/m1/s1. The van der Waals surface area contributed by atoms with Gasteiger partial charge in [-0.1, -0.05) is 0 Å². The highest BCUT2D eigenvalue weighted by molar-refractivity contribution is 5.37. The van der Waals surface area contributed by atoms with E-state index in [1.54, 1.807) is 12.1 Å². The lowest BCUT2D eigenvalue weighted by molar-refractivity contribution is 0.312. The first-order valence-electron chi connectivity index (χ1n) is 9.37. The van der Waals surface area contributed by atoms with Gasteiger partial charge in [-0.2, -0.15) is 5.10 Å². The highest BCUT2D eigenvalue weighted by Crippen LogP contribution is 2.31. The summed E-state index contributed by atoms with van der Waals surface area (Å²) in [4.78, 5) is 2.66. The van der Waals surface area contributed by atoms with Gasteiger partial charge in [0.2, 0.25) is 0 Å². The molecule has 0 bridgehead atoms. The van der Waals surface area contributed by atoms with Gasteiger partial charge in [-0.05, 0) is 76.4 Å². The number of aromatic nitrogens is 2. The Kier molecular flexibility index (Phi) is 4.61. The van der Waals surface area contributed by atoms with Crippen molar-refractivity contribution >= 4 is 0 Å². The van der Waals surface area contributed by atoms with Crippen molar-refractivity contribution in [3.05, 3.63) is 47.0 Å². The Hall–Kier alpha value is -1.72. The number of benzene rings is 1. The van der Waals surface area contributed by atoms with E-state index in [1.165, 1.54) is 50.0 Å². The van der Waals surface area contributed by atoms with Gasteiger partial charge < -0.3 is 10.2 Å². The predicted octanol–water partition coefficient (Wildman–Crippen LogP) is 3.20. The Balaban J connectivity index is 1.37. The average Bonchev–Trinajstić information content (AvgIpc) is 3.29. The van der Waals surface area contributed by atoms with Crippen molar-refractivity contribution in [3.8, 4) is 5.69 Å². The highest BCUT2D eigenvalue weighted by Gasteiger charge is 2.34. The van der Waals surface area contributed by atoms with Crippen LogP contribution in [0, 0.1) is 25.6 Å². The molecule has 1 saturated carbocycles. The summed E-state index contributed by atoms with van der Waals surface area (Å²) in [6.45, 7) is 8.59. The van der Waals surface area contributed by atoms with Gasteiger partial charge in [-0.3, -0.25) is 0 Å². The van der Waals surface area contributed by atoms with E-state index >= 15 is 0 Å². The maximum atomic E-state index is 13.1. The van der Waals surface area contributed by atoms with Crippen LogP contribution < -0.4 is 5.32 Å². The molecule has 1 aliphatic heterocycles. The Labute approximate surface area is 149 Å². The monoisotopic (exact) mass is 342 g/mol. The molecule has 1 atom stereocenters. The highest BCUT2D eigenvalue weighted by atomic mass is 19.1. The number of nitrogens with zero attached hydrogens (tertiary/aromatic N) is 3. The molecular formula is C20H27FN4. The molecule has 4 rings (SSSR count). The maximum absolute atomic E-state index is 13.1. The molecule has 25 heavy (non-hydrogen) atoms. The van der Waals surface area contributed by atoms with Crippen molar-refractivity contribution in [2.45, 2.75) is 45.7 Å². The molecule has 134 valence electrons. The number of aryl methyl sites for hydroxylation is 1. The third-order valence-electron chi connectivity index (χ3n) is 5.63. The Bertz CT molecular complexity index is 733. The summed E-state index contributed by atoms with van der Waals surface area (Å²) in [7, 11) is 0. The second-order valence-electron chi connectivity index (χ2n) is 7.55. The second-order valence-corrected chi connectivity index (χ2v) is 7.55. The molecule has 2 aliphatic rings. The SMILES string of the molecule is Cc1nn(-c2ccc(F)cc2)c(C)c1CNC[C@H]1CCN(C2CC2)C1. The van der Waals surface area contributed by atoms with Crippen LogP contribution >= 0.6 is 0 Å². The van der Waals surface area contributed by atoms with Crippen molar-refractivity contribution in [2.24, 2.45) is 5.92 Å². The van der Waals surface area contributed by atoms with Gasteiger partial charge >= 0.3 is 0 Å². The van der Waals surface area contributed by atoms with Crippen LogP contribution in [0.4, 0.5) is 4.39 Å². The van der Waals surface area contributed by atoms with Crippen LogP contribution in [0.5, 0.6) is 0 Å². The summed E-state index contributed by atoms with van der Waals surface area (Å²) in [6, 6.07) is 7.40. The third kappa shape index (κ3) is 3.62. The zero-order valence-electron chi connectivity index (χ0n) is 15.1. The van der Waals surface area contributed by atoms with E-state index in [-0.39, 0.29) is 5.82 Å². The van der Waals surface area contributed by atoms with Gasteiger partial charge in [0.15, 0.2) is 0 Å². The van der Waals surface area contributed by atoms with Crippen molar-refractivity contribution in [3.63, 3.8) is 0 Å². The van der Waals surface area contributed by atoms with Crippen LogP contribution in [-0.4, -0.2) is 40.4 Å². The van der Waals surface area contributed by atoms with Gasteiger partial charge in [-0.15, -0.1) is 0 Å². The minimum absolute atomic E-state index is 0.219. The molecule has 1 saturated heterocycles. The van der Waals surface area contributed by atoms with Crippen LogP contribution in [0.2, 0.25) is 0 Å². The fourth-order valence-corrected chi connectivity index (χ4v) is 3.97. The van der Waals surface area contributed by atoms with Crippen molar-refractivity contribution in [1.82, 2.24) is 20.0 Å². The Morgan fingerprint density at radius 3 is 2.64 bits per heavy atom. The quantitative estimate of drug-likeness (QED) is 0.875. The van der Waals surface area contributed by atoms with E-state index in [2.05, 4.69) is 29.2 Å². The molecule has 2 fully saturated rings. The molecule has 1 aliphatic carbocycles. The van der Waals surface area contributed by atoms with E-state index in [4.69, 9.17) is 0 Å². The molecule has 2 aromatic rings. The van der Waals surface area contributed by atoms with Gasteiger partial charge in [0, 0.05) is 30.4 Å². The lowest BCUT2D eigenvalue weighted by Gasteiger charge is -2.15. The zero-order valence-corrected chi connectivity index (χ0v) is 15.1. The molecule has 4 nitrogen and oxygen atoms in total. The number of hydrogen-bond acceptors (Lipinski definition) is 3. The number of likely N-dealkylation sites (tertiary alicyclic amines) is 1. The topological polar surface area (TPSA) is 33.1 Å². The van der Waals surface area contributed by atoms with E-state index in [1.807, 2.05) is 4.68 Å². The fourth-order valence-electron chi connectivity index (χ4n) is 3.97. The lowest BCUT2D eigenvalue weighted by atomic mass is 10.1. The summed E-state index contributed by atoms with van der Waals surface area (Å²) in [5.41, 5.74) is 4.33. The fraction of sp³-hybridized carbons (Fsp3) is 0.550. The van der Waals surface area contributed by atoms with Gasteiger partial charge in [0.05, 0.1) is 11.4 Å². The molecular weight excluding hydrogens is 315 g/mol. The predicted molar refractivity (Wildman–Crippen MR) is 97.4 cm³/mol. The van der Waals surface area contributed by atoms with Crippen LogP contribution in [-0.2, 0) is 6.54 Å². The van der Waals surface area contributed by atoms with Crippen LogP contribution in [0.25, 0.3) is 5.69 Å². The first-order chi connectivity index (χ1) is 12.1. The molecule has 0 unspecified atom stereocenters. The average molecular weight is 342 g/mol. The molecule has 1 N–H and O–H groups in total. The summed E-state index contributed by atoms with van der Waals surface area (Å²) in [5.74, 6) is 0.553. The summed E-state index contributed by atoms with van der Waals surface area (Å²) in [5, 5.41) is 8.29. The van der Waals surface area contributed by atoms with Crippen molar-refractivity contribution in [1.29, 1.82) is 0 Å². The third-order valence-corrected chi connectivity index (χ3v) is 5.63. The van der Waals surface area contributed by atoms with Gasteiger partial charge in [0.1, 0.15) is 5.82 Å². The number of hydrogen-bond donors (Lipinski definition) is 1. The zero-order chi connectivity index (χ0) is 17.4. The van der Waals surface area contributed by atoms with E-state index < -0.39 is 0 Å². The molecule has 0 spiro atoms. The number of rotatable bonds is 6. The summed E-state index contributed by atoms with van der Waals surface area (Å²) >= 11 is 0. The van der Waals surface area contributed by atoms with Crippen molar-refractivity contribution in [2.75, 3.05) is 19.6 Å². The van der Waals surface area contributed by atoms with Gasteiger partial charge in [-0.25, -0.2) is 9.07 Å². The first-order valence-corrected chi connectivity index (χ1v) is 9.37. The molecule has 0 radical (unpaired) electrons.